The molecule has 0 bridgehead atoms. The van der Waals surface area contributed by atoms with Crippen LogP contribution in [0.4, 0.5) is 11.4 Å². The van der Waals surface area contributed by atoms with E-state index in [0.717, 1.165) is 16.1 Å². The topological polar surface area (TPSA) is 66.9 Å². The quantitative estimate of drug-likeness (QED) is 0.238. The summed E-state index contributed by atoms with van der Waals surface area (Å²) in [6.07, 6.45) is 0.559. The van der Waals surface area contributed by atoms with Crippen molar-refractivity contribution in [2.45, 2.75) is 42.6 Å². The minimum atomic E-state index is -3.67. The van der Waals surface area contributed by atoms with Crippen molar-refractivity contribution in [3.63, 3.8) is 0 Å². The Balaban J connectivity index is 1.65. The van der Waals surface area contributed by atoms with Crippen molar-refractivity contribution in [1.29, 1.82) is 0 Å². The fourth-order valence-corrected chi connectivity index (χ4v) is 7.04. The van der Waals surface area contributed by atoms with E-state index in [9.17, 15) is 13.2 Å². The van der Waals surface area contributed by atoms with E-state index in [-0.39, 0.29) is 11.4 Å². The van der Waals surface area contributed by atoms with Gasteiger partial charge in [0.05, 0.1) is 10.6 Å². The molecule has 1 aliphatic heterocycles. The van der Waals surface area contributed by atoms with Gasteiger partial charge in [-0.2, -0.15) is 0 Å². The van der Waals surface area contributed by atoms with Gasteiger partial charge in [0.1, 0.15) is 12.1 Å². The highest BCUT2D eigenvalue weighted by molar-refractivity contribution is 8.00. The molecule has 3 aromatic rings. The summed E-state index contributed by atoms with van der Waals surface area (Å²) in [5, 5.41) is 0.968. The summed E-state index contributed by atoms with van der Waals surface area (Å²) in [7, 11) is -3.67. The molecule has 3 aromatic carbocycles. The number of carbonyl (C=O) groups is 1. The molecule has 6 nitrogen and oxygen atoms in total. The van der Waals surface area contributed by atoms with Gasteiger partial charge >= 0.3 is 5.97 Å². The molecule has 0 saturated heterocycles. The van der Waals surface area contributed by atoms with Crippen LogP contribution >= 0.6 is 35.1 Å². The van der Waals surface area contributed by atoms with E-state index in [1.165, 1.54) is 16.3 Å². The van der Waals surface area contributed by atoms with Gasteiger partial charge in [0.15, 0.2) is 0 Å². The SMILES string of the molecule is CC(C)(C)OC(=O)CN(Sc1cc(Cl)cc(Cl)c1)c1ccc2c(c1)CCN2S(=O)(=O)c1ccccc1. The first-order valence-corrected chi connectivity index (χ1v) is 14.2. The Labute approximate surface area is 226 Å². The average Bonchev–Trinajstić information content (AvgIpc) is 3.21. The van der Waals surface area contributed by atoms with Crippen LogP contribution in [0.5, 0.6) is 0 Å². The number of nitrogens with zero attached hydrogens (tertiary/aromatic N) is 2. The maximum atomic E-state index is 13.2. The van der Waals surface area contributed by atoms with Gasteiger partial charge in [0.2, 0.25) is 0 Å². The van der Waals surface area contributed by atoms with Gasteiger partial charge in [0, 0.05) is 27.2 Å². The van der Waals surface area contributed by atoms with Crippen LogP contribution in [0, 0.1) is 0 Å². The Morgan fingerprint density at radius 3 is 2.33 bits per heavy atom. The van der Waals surface area contributed by atoms with Crippen LogP contribution in [0.3, 0.4) is 0 Å². The predicted octanol–water partition coefficient (Wildman–Crippen LogP) is 6.60. The van der Waals surface area contributed by atoms with Gasteiger partial charge in [-0.1, -0.05) is 41.4 Å². The van der Waals surface area contributed by atoms with Crippen LogP contribution in [-0.4, -0.2) is 33.1 Å². The van der Waals surface area contributed by atoms with E-state index in [2.05, 4.69) is 0 Å². The zero-order valence-electron chi connectivity index (χ0n) is 20.1. The lowest BCUT2D eigenvalue weighted by atomic mass is 10.1. The second-order valence-corrected chi connectivity index (χ2v) is 13.1. The molecule has 36 heavy (non-hydrogen) atoms. The molecule has 0 atom stereocenters. The molecular weight excluding hydrogens is 539 g/mol. The molecule has 0 spiro atoms. The second-order valence-electron chi connectivity index (χ2n) is 9.27. The molecule has 0 amide bonds. The van der Waals surface area contributed by atoms with Crippen molar-refractivity contribution >= 4 is 62.5 Å². The van der Waals surface area contributed by atoms with Crippen LogP contribution in [-0.2, 0) is 26.0 Å². The molecule has 1 heterocycles. The first kappa shape index (κ1) is 26.7. The van der Waals surface area contributed by atoms with Crippen molar-refractivity contribution in [2.75, 3.05) is 21.7 Å². The van der Waals surface area contributed by atoms with Crippen LogP contribution in [0.1, 0.15) is 26.3 Å². The number of esters is 1. The minimum Gasteiger partial charge on any atom is -0.459 e. The number of carbonyl (C=O) groups excluding carboxylic acids is 1. The largest absolute Gasteiger partial charge is 0.459 e. The van der Waals surface area contributed by atoms with Gasteiger partial charge in [-0.05, 0) is 93.2 Å². The number of ether oxygens (including phenoxy) is 1. The predicted molar refractivity (Wildman–Crippen MR) is 147 cm³/mol. The summed E-state index contributed by atoms with van der Waals surface area (Å²) in [5.74, 6) is -0.392. The zero-order chi connectivity index (χ0) is 26.1. The van der Waals surface area contributed by atoms with Crippen molar-refractivity contribution in [3.05, 3.63) is 82.3 Å². The maximum absolute atomic E-state index is 13.2. The summed E-state index contributed by atoms with van der Waals surface area (Å²) in [6.45, 7) is 5.76. The monoisotopic (exact) mass is 564 g/mol. The normalized spacial score (nSPS) is 13.4. The Morgan fingerprint density at radius 1 is 1.03 bits per heavy atom. The summed E-state index contributed by atoms with van der Waals surface area (Å²) >= 11 is 13.7. The van der Waals surface area contributed by atoms with Gasteiger partial charge in [-0.3, -0.25) is 9.10 Å². The first-order chi connectivity index (χ1) is 16.9. The maximum Gasteiger partial charge on any atom is 0.327 e. The fourth-order valence-electron chi connectivity index (χ4n) is 3.86. The van der Waals surface area contributed by atoms with Crippen molar-refractivity contribution in [2.24, 2.45) is 0 Å². The molecule has 10 heteroatoms. The first-order valence-electron chi connectivity index (χ1n) is 11.3. The van der Waals surface area contributed by atoms with Crippen molar-refractivity contribution in [3.8, 4) is 0 Å². The van der Waals surface area contributed by atoms with Gasteiger partial charge in [-0.15, -0.1) is 0 Å². The number of benzene rings is 3. The van der Waals surface area contributed by atoms with E-state index in [4.69, 9.17) is 27.9 Å². The van der Waals surface area contributed by atoms with Crippen LogP contribution in [0.15, 0.2) is 76.5 Å². The molecule has 0 saturated carbocycles. The van der Waals surface area contributed by atoms with Gasteiger partial charge < -0.3 is 9.04 Å². The minimum absolute atomic E-state index is 0.0309. The standard InChI is InChI=1S/C26H26Cl2N2O4S2/c1-26(2,3)34-25(31)17-29(35-22-15-19(27)14-20(28)16-22)21-9-10-24-18(13-21)11-12-30(24)36(32,33)23-7-5-4-6-8-23/h4-10,13-16H,11-12,17H2,1-3H3. The molecule has 0 N–H and O–H groups in total. The van der Waals surface area contributed by atoms with Gasteiger partial charge in [0.25, 0.3) is 10.0 Å². The molecule has 0 aromatic heterocycles. The molecule has 0 aliphatic carbocycles. The number of hydrogen-bond donors (Lipinski definition) is 0. The van der Waals surface area contributed by atoms with Crippen LogP contribution < -0.4 is 8.61 Å². The smallest absolute Gasteiger partial charge is 0.327 e. The molecular formula is C26H26Cl2N2O4S2. The van der Waals surface area contributed by atoms with E-state index >= 15 is 0 Å². The number of hydrogen-bond acceptors (Lipinski definition) is 6. The Kier molecular flexibility index (Phi) is 7.80. The van der Waals surface area contributed by atoms with E-state index < -0.39 is 21.6 Å². The Morgan fingerprint density at radius 2 is 1.69 bits per heavy atom. The number of halogens is 2. The van der Waals surface area contributed by atoms with Crippen molar-refractivity contribution < 1.29 is 17.9 Å². The number of anilines is 2. The molecule has 1 aliphatic rings. The van der Waals surface area contributed by atoms with E-state index in [0.29, 0.717) is 28.7 Å². The highest BCUT2D eigenvalue weighted by atomic mass is 35.5. The third-order valence-corrected chi connectivity index (χ3v) is 8.55. The Hall–Kier alpha value is -2.39. The molecule has 4 rings (SSSR count). The van der Waals surface area contributed by atoms with Crippen LogP contribution in [0.25, 0.3) is 0 Å². The summed E-state index contributed by atoms with van der Waals surface area (Å²) in [6, 6.07) is 19.1. The highest BCUT2D eigenvalue weighted by Gasteiger charge is 2.31. The van der Waals surface area contributed by atoms with E-state index in [1.807, 2.05) is 26.8 Å². The number of rotatable bonds is 7. The molecule has 190 valence electrons. The Bertz CT molecular complexity index is 1360. The van der Waals surface area contributed by atoms with Gasteiger partial charge in [-0.25, -0.2) is 8.42 Å². The van der Waals surface area contributed by atoms with E-state index in [1.54, 1.807) is 65.0 Å². The molecule has 0 unspecified atom stereocenters. The second kappa shape index (κ2) is 10.5. The third kappa shape index (κ3) is 6.29. The lowest BCUT2D eigenvalue weighted by Gasteiger charge is -2.26. The zero-order valence-corrected chi connectivity index (χ0v) is 23.2. The number of fused-ring (bicyclic) bond motifs is 1. The highest BCUT2D eigenvalue weighted by Crippen LogP contribution is 2.38. The summed E-state index contributed by atoms with van der Waals surface area (Å²) in [4.78, 5) is 13.7. The van der Waals surface area contributed by atoms with Crippen LogP contribution in [0.2, 0.25) is 10.0 Å². The fraction of sp³-hybridized carbons (Fsp3) is 0.269. The average molecular weight is 566 g/mol. The molecule has 0 fully saturated rings. The van der Waals surface area contributed by atoms with Crippen molar-refractivity contribution in [1.82, 2.24) is 0 Å². The molecule has 0 radical (unpaired) electrons. The summed E-state index contributed by atoms with van der Waals surface area (Å²) < 4.78 is 35.2. The lowest BCUT2D eigenvalue weighted by molar-refractivity contribution is -0.152. The summed E-state index contributed by atoms with van der Waals surface area (Å²) in [5.41, 5.74) is 1.62. The third-order valence-electron chi connectivity index (χ3n) is 5.28. The lowest BCUT2D eigenvalue weighted by Crippen LogP contribution is -2.31. The number of sulfonamides is 1.